The minimum atomic E-state index is -1.19. The first-order chi connectivity index (χ1) is 17.5. The van der Waals surface area contributed by atoms with Crippen LogP contribution in [-0.4, -0.2) is 77.5 Å². The van der Waals surface area contributed by atoms with Gasteiger partial charge in [-0.25, -0.2) is 5.01 Å². The van der Waals surface area contributed by atoms with E-state index in [1.807, 2.05) is 36.4 Å². The Labute approximate surface area is 213 Å². The van der Waals surface area contributed by atoms with Crippen molar-refractivity contribution in [2.45, 2.75) is 51.0 Å². The molecule has 1 saturated heterocycles. The molecule has 194 valence electrons. The molecule has 2 unspecified atom stereocenters. The van der Waals surface area contributed by atoms with Crippen molar-refractivity contribution in [1.29, 1.82) is 0 Å². The van der Waals surface area contributed by atoms with Gasteiger partial charge in [0.25, 0.3) is 0 Å². The fourth-order valence-corrected chi connectivity index (χ4v) is 4.69. The first-order valence-corrected chi connectivity index (χ1v) is 12.7. The van der Waals surface area contributed by atoms with Crippen LogP contribution in [0.3, 0.4) is 0 Å². The number of rotatable bonds is 12. The van der Waals surface area contributed by atoms with Gasteiger partial charge in [0.05, 0.1) is 18.7 Å². The molecule has 0 amide bonds. The highest BCUT2D eigenvalue weighted by molar-refractivity contribution is 5.92. The molecule has 9 nitrogen and oxygen atoms in total. The van der Waals surface area contributed by atoms with Crippen molar-refractivity contribution in [2.24, 2.45) is 5.10 Å². The molecule has 2 aliphatic heterocycles. The number of hydrogen-bond acceptors (Lipinski definition) is 8. The van der Waals surface area contributed by atoms with Crippen LogP contribution < -0.4 is 15.1 Å². The molecule has 3 N–H and O–H groups in total. The summed E-state index contributed by atoms with van der Waals surface area (Å²) in [4.78, 5) is 15.4. The number of carboxylic acid groups (broad SMARTS) is 1. The second-order valence-corrected chi connectivity index (χ2v) is 9.38. The molecule has 0 spiro atoms. The van der Waals surface area contributed by atoms with Crippen molar-refractivity contribution in [1.82, 2.24) is 15.1 Å². The molecule has 2 atom stereocenters. The van der Waals surface area contributed by atoms with Gasteiger partial charge in [-0.2, -0.15) is 5.10 Å². The zero-order chi connectivity index (χ0) is 25.3. The number of nitrogens with one attached hydrogen (secondary N) is 1. The standard InChI is InChI=1S/C27H37N5O4/c1-30-26(24(33)19-25(34)35)29-32(22-11-4-2-5-12-22)27(30)28-14-9-17-36-23-13-8-10-21(18-23)20-31-15-6-3-7-16-31/h2,4-5,8,10-13,18,24,27-28,33H,3,6-7,9,14-17,19-20H2,1H3,(H,34,35). The zero-order valence-corrected chi connectivity index (χ0v) is 20.9. The quantitative estimate of drug-likeness (QED) is 0.387. The van der Waals surface area contributed by atoms with Crippen LogP contribution in [0.5, 0.6) is 5.75 Å². The molecule has 2 aliphatic rings. The van der Waals surface area contributed by atoms with Crippen LogP contribution in [0.4, 0.5) is 5.69 Å². The number of piperidine rings is 1. The Morgan fingerprint density at radius 1 is 1.14 bits per heavy atom. The molecular weight excluding hydrogens is 458 g/mol. The van der Waals surface area contributed by atoms with Crippen molar-refractivity contribution < 1.29 is 19.7 Å². The minimum absolute atomic E-state index is 0.320. The van der Waals surface area contributed by atoms with Gasteiger partial charge >= 0.3 is 5.97 Å². The first kappa shape index (κ1) is 25.9. The lowest BCUT2D eigenvalue weighted by molar-refractivity contribution is -0.138. The van der Waals surface area contributed by atoms with Crippen molar-refractivity contribution in [3.05, 3.63) is 60.2 Å². The average molecular weight is 496 g/mol. The minimum Gasteiger partial charge on any atom is -0.494 e. The van der Waals surface area contributed by atoms with Gasteiger partial charge in [-0.05, 0) is 62.2 Å². The van der Waals surface area contributed by atoms with E-state index in [9.17, 15) is 9.90 Å². The number of nitrogens with zero attached hydrogens (tertiary/aromatic N) is 4. The number of carboxylic acids is 1. The van der Waals surface area contributed by atoms with Gasteiger partial charge in [0.2, 0.25) is 0 Å². The molecular formula is C27H37N5O4. The molecule has 36 heavy (non-hydrogen) atoms. The van der Waals surface area contributed by atoms with Crippen molar-refractivity contribution >= 4 is 17.5 Å². The molecule has 0 bridgehead atoms. The zero-order valence-electron chi connectivity index (χ0n) is 20.9. The molecule has 9 heteroatoms. The summed E-state index contributed by atoms with van der Waals surface area (Å²) in [6.07, 6.45) is 2.74. The molecule has 2 heterocycles. The topological polar surface area (TPSA) is 101 Å². The summed E-state index contributed by atoms with van der Waals surface area (Å²) >= 11 is 0. The van der Waals surface area contributed by atoms with E-state index in [4.69, 9.17) is 9.84 Å². The lowest BCUT2D eigenvalue weighted by Gasteiger charge is -2.30. The summed E-state index contributed by atoms with van der Waals surface area (Å²) in [7, 11) is 1.80. The largest absolute Gasteiger partial charge is 0.494 e. The predicted molar refractivity (Wildman–Crippen MR) is 140 cm³/mol. The maximum atomic E-state index is 11.1. The Bertz CT molecular complexity index is 1010. The molecule has 1 fully saturated rings. The van der Waals surface area contributed by atoms with Gasteiger partial charge in [-0.15, -0.1) is 0 Å². The molecule has 0 aliphatic carbocycles. The van der Waals surface area contributed by atoms with Gasteiger partial charge in [0.1, 0.15) is 11.9 Å². The summed E-state index contributed by atoms with van der Waals surface area (Å²) in [5.74, 6) is 0.134. The summed E-state index contributed by atoms with van der Waals surface area (Å²) in [6, 6.07) is 18.0. The van der Waals surface area contributed by atoms with Crippen LogP contribution in [0.15, 0.2) is 59.7 Å². The third-order valence-electron chi connectivity index (χ3n) is 6.53. The van der Waals surface area contributed by atoms with E-state index in [2.05, 4.69) is 33.5 Å². The average Bonchev–Trinajstić information content (AvgIpc) is 3.21. The highest BCUT2D eigenvalue weighted by Gasteiger charge is 2.36. The summed E-state index contributed by atoms with van der Waals surface area (Å²) in [5.41, 5.74) is 2.13. The summed E-state index contributed by atoms with van der Waals surface area (Å²) in [5, 5.41) is 29.3. The van der Waals surface area contributed by atoms with Gasteiger partial charge in [0.15, 0.2) is 12.1 Å². The van der Waals surface area contributed by atoms with Crippen LogP contribution in [0.2, 0.25) is 0 Å². The maximum absolute atomic E-state index is 11.1. The molecule has 0 radical (unpaired) electrons. The Kier molecular flexibility index (Phi) is 9.16. The van der Waals surface area contributed by atoms with Crippen LogP contribution in [0, 0.1) is 0 Å². The van der Waals surface area contributed by atoms with Crippen molar-refractivity contribution in [2.75, 3.05) is 38.3 Å². The Morgan fingerprint density at radius 2 is 1.92 bits per heavy atom. The highest BCUT2D eigenvalue weighted by Crippen LogP contribution is 2.24. The number of hydrazone groups is 1. The lowest BCUT2D eigenvalue weighted by atomic mass is 10.1. The number of para-hydroxylation sites is 1. The van der Waals surface area contributed by atoms with E-state index in [1.165, 1.54) is 37.9 Å². The number of benzene rings is 2. The maximum Gasteiger partial charge on any atom is 0.306 e. The highest BCUT2D eigenvalue weighted by atomic mass is 16.5. The van der Waals surface area contributed by atoms with E-state index < -0.39 is 18.5 Å². The lowest BCUT2D eigenvalue weighted by Crippen LogP contribution is -2.52. The first-order valence-electron chi connectivity index (χ1n) is 12.7. The number of aliphatic carboxylic acids is 1. The smallest absolute Gasteiger partial charge is 0.306 e. The van der Waals surface area contributed by atoms with E-state index >= 15 is 0 Å². The fourth-order valence-electron chi connectivity index (χ4n) is 4.69. The number of carbonyl (C=O) groups is 1. The van der Waals surface area contributed by atoms with E-state index in [0.717, 1.165) is 24.4 Å². The SMILES string of the molecule is CN1C(C(O)CC(=O)O)=NN(c2ccccc2)C1NCCCOc1cccc(CN2CCCCC2)c1. The number of ether oxygens (including phenoxy) is 1. The van der Waals surface area contributed by atoms with Gasteiger partial charge in [0, 0.05) is 20.1 Å². The van der Waals surface area contributed by atoms with Crippen LogP contribution >= 0.6 is 0 Å². The third kappa shape index (κ3) is 6.96. The number of likely N-dealkylation sites (tertiary alicyclic amines) is 1. The summed E-state index contributed by atoms with van der Waals surface area (Å²) in [6.45, 7) is 4.54. The number of hydrogen-bond donors (Lipinski definition) is 3. The molecule has 2 aromatic rings. The monoisotopic (exact) mass is 495 g/mol. The van der Waals surface area contributed by atoms with Gasteiger partial charge in [-0.3, -0.25) is 15.0 Å². The van der Waals surface area contributed by atoms with Gasteiger partial charge in [-0.1, -0.05) is 36.8 Å². The third-order valence-corrected chi connectivity index (χ3v) is 6.53. The van der Waals surface area contributed by atoms with Crippen LogP contribution in [-0.2, 0) is 11.3 Å². The van der Waals surface area contributed by atoms with E-state index in [-0.39, 0.29) is 6.29 Å². The van der Waals surface area contributed by atoms with Crippen LogP contribution in [0.25, 0.3) is 0 Å². The number of aliphatic hydroxyl groups excluding tert-OH is 1. The van der Waals surface area contributed by atoms with Crippen molar-refractivity contribution in [3.8, 4) is 5.75 Å². The normalized spacial score (nSPS) is 19.3. The number of likely N-dealkylation sites (N-methyl/N-ethyl adjacent to an activating group) is 1. The Hall–Kier alpha value is -3.14. The van der Waals surface area contributed by atoms with E-state index in [1.54, 1.807) is 17.0 Å². The second kappa shape index (κ2) is 12.7. The van der Waals surface area contributed by atoms with Crippen molar-refractivity contribution in [3.63, 3.8) is 0 Å². The number of amidine groups is 1. The molecule has 2 aromatic carbocycles. The fraction of sp³-hybridized carbons (Fsp3) is 0.481. The van der Waals surface area contributed by atoms with Crippen LogP contribution in [0.1, 0.15) is 37.7 Å². The molecule has 0 aromatic heterocycles. The van der Waals surface area contributed by atoms with E-state index in [0.29, 0.717) is 19.0 Å². The van der Waals surface area contributed by atoms with Gasteiger partial charge < -0.3 is 19.8 Å². The summed E-state index contributed by atoms with van der Waals surface area (Å²) < 4.78 is 6.02. The Balaban J connectivity index is 1.29. The molecule has 0 saturated carbocycles. The Morgan fingerprint density at radius 3 is 2.67 bits per heavy atom. The second-order valence-electron chi connectivity index (χ2n) is 9.38. The predicted octanol–water partition coefficient (Wildman–Crippen LogP) is 2.92. The molecule has 4 rings (SSSR count). The number of anilines is 1. The number of aliphatic hydroxyl groups is 1.